The van der Waals surface area contributed by atoms with Crippen molar-refractivity contribution in [2.24, 2.45) is 0 Å². The molecule has 1 aliphatic carbocycles. The van der Waals surface area contributed by atoms with Gasteiger partial charge in [-0.15, -0.1) is 0 Å². The van der Waals surface area contributed by atoms with Gasteiger partial charge >= 0.3 is 0 Å². The van der Waals surface area contributed by atoms with E-state index in [-0.39, 0.29) is 5.41 Å². The predicted molar refractivity (Wildman–Crippen MR) is 232 cm³/mol. The molecular formula is C53H37NO. The monoisotopic (exact) mass is 703 g/mol. The molecule has 0 saturated carbocycles. The molecule has 0 bridgehead atoms. The van der Waals surface area contributed by atoms with Crippen LogP contribution in [0.3, 0.4) is 0 Å². The van der Waals surface area contributed by atoms with E-state index in [0.717, 1.165) is 55.5 Å². The molecule has 2 nitrogen and oxygen atoms in total. The summed E-state index contributed by atoms with van der Waals surface area (Å²) in [5, 5.41) is 7.06. The van der Waals surface area contributed by atoms with Crippen molar-refractivity contribution in [1.82, 2.24) is 0 Å². The lowest BCUT2D eigenvalue weighted by atomic mass is 9.82. The number of fused-ring (bicyclic) bond motifs is 9. The Morgan fingerprint density at radius 3 is 1.89 bits per heavy atom. The Morgan fingerprint density at radius 1 is 0.382 bits per heavy atom. The molecule has 10 aromatic rings. The molecule has 1 aliphatic rings. The number of para-hydroxylation sites is 1. The van der Waals surface area contributed by atoms with Gasteiger partial charge in [-0.1, -0.05) is 141 Å². The Hall–Kier alpha value is -6.90. The fraction of sp³-hybridized carbons (Fsp3) is 0.0566. The summed E-state index contributed by atoms with van der Waals surface area (Å²) in [5.74, 6) is 0. The van der Waals surface area contributed by atoms with Crippen molar-refractivity contribution in [2.75, 3.05) is 4.90 Å². The third-order valence-corrected chi connectivity index (χ3v) is 11.8. The van der Waals surface area contributed by atoms with Crippen molar-refractivity contribution >= 4 is 60.5 Å². The molecular weight excluding hydrogens is 667 g/mol. The van der Waals surface area contributed by atoms with Gasteiger partial charge < -0.3 is 9.32 Å². The molecule has 0 atom stereocenters. The highest BCUT2D eigenvalue weighted by Gasteiger charge is 2.35. The molecule has 0 radical (unpaired) electrons. The highest BCUT2D eigenvalue weighted by molar-refractivity contribution is 6.19. The molecule has 2 heteroatoms. The van der Waals surface area contributed by atoms with Crippen LogP contribution < -0.4 is 4.90 Å². The standard InChI is InChI=1S/C53H37NO/c1-53(2)49-19-11-10-17-43(49)44-28-27-41(32-50(44)53)54(39-14-4-3-5-15-39)40-25-22-35(23-26-40)37-24-29-51-47(31-37)48-33-46(42-16-8-9-18-45(42)52(48)55-51)38-21-20-34-12-6-7-13-36(34)30-38/h3-33H,1-2H3. The van der Waals surface area contributed by atoms with E-state index in [4.69, 9.17) is 4.42 Å². The number of benzene rings is 9. The van der Waals surface area contributed by atoms with Crippen molar-refractivity contribution < 1.29 is 4.42 Å². The lowest BCUT2D eigenvalue weighted by molar-refractivity contribution is 0.660. The highest BCUT2D eigenvalue weighted by atomic mass is 16.3. The Bertz CT molecular complexity index is 3110. The molecule has 0 spiro atoms. The lowest BCUT2D eigenvalue weighted by Crippen LogP contribution is -2.16. The largest absolute Gasteiger partial charge is 0.455 e. The summed E-state index contributed by atoms with van der Waals surface area (Å²) in [6.07, 6.45) is 0. The van der Waals surface area contributed by atoms with E-state index in [0.29, 0.717) is 0 Å². The smallest absolute Gasteiger partial charge is 0.143 e. The van der Waals surface area contributed by atoms with Crippen LogP contribution in [0, 0.1) is 0 Å². The van der Waals surface area contributed by atoms with Crippen molar-refractivity contribution in [3.05, 3.63) is 199 Å². The summed E-state index contributed by atoms with van der Waals surface area (Å²) in [6, 6.07) is 68.4. The van der Waals surface area contributed by atoms with E-state index in [9.17, 15) is 0 Å². The first-order valence-electron chi connectivity index (χ1n) is 19.1. The number of anilines is 3. The summed E-state index contributed by atoms with van der Waals surface area (Å²) in [7, 11) is 0. The van der Waals surface area contributed by atoms with Crippen LogP contribution >= 0.6 is 0 Å². The molecule has 0 N–H and O–H groups in total. The third kappa shape index (κ3) is 4.95. The number of nitrogens with zero attached hydrogens (tertiary/aromatic N) is 1. The second-order valence-electron chi connectivity index (χ2n) is 15.3. The minimum atomic E-state index is -0.0768. The van der Waals surface area contributed by atoms with Gasteiger partial charge in [-0.25, -0.2) is 0 Å². The molecule has 0 amide bonds. The zero-order valence-corrected chi connectivity index (χ0v) is 30.8. The Labute approximate surface area is 320 Å². The fourth-order valence-electron chi connectivity index (χ4n) is 9.03. The molecule has 1 heterocycles. The molecule has 11 rings (SSSR count). The quantitative estimate of drug-likeness (QED) is 0.177. The van der Waals surface area contributed by atoms with Crippen LogP contribution in [0.1, 0.15) is 25.0 Å². The maximum absolute atomic E-state index is 6.63. The van der Waals surface area contributed by atoms with Crippen LogP contribution in [0.2, 0.25) is 0 Å². The second-order valence-corrected chi connectivity index (χ2v) is 15.3. The first kappa shape index (κ1) is 31.6. The topological polar surface area (TPSA) is 16.4 Å². The van der Waals surface area contributed by atoms with E-state index < -0.39 is 0 Å². The van der Waals surface area contributed by atoms with Crippen LogP contribution in [0.4, 0.5) is 17.1 Å². The van der Waals surface area contributed by atoms with E-state index in [2.05, 4.69) is 207 Å². The summed E-state index contributed by atoms with van der Waals surface area (Å²) in [6.45, 7) is 4.69. The number of furan rings is 1. The van der Waals surface area contributed by atoms with Gasteiger partial charge in [0.1, 0.15) is 11.2 Å². The molecule has 1 aromatic heterocycles. The molecule has 260 valence electrons. The highest BCUT2D eigenvalue weighted by Crippen LogP contribution is 2.51. The summed E-state index contributed by atoms with van der Waals surface area (Å²) in [5.41, 5.74) is 15.3. The zero-order chi connectivity index (χ0) is 36.7. The summed E-state index contributed by atoms with van der Waals surface area (Å²) >= 11 is 0. The fourth-order valence-corrected chi connectivity index (χ4v) is 9.03. The van der Waals surface area contributed by atoms with Crippen LogP contribution in [0.15, 0.2) is 192 Å². The first-order chi connectivity index (χ1) is 27.0. The third-order valence-electron chi connectivity index (χ3n) is 11.8. The lowest BCUT2D eigenvalue weighted by Gasteiger charge is -2.28. The number of hydrogen-bond acceptors (Lipinski definition) is 2. The van der Waals surface area contributed by atoms with E-state index >= 15 is 0 Å². The SMILES string of the molecule is CC1(C)c2ccccc2-c2ccc(N(c3ccccc3)c3ccc(-c4ccc5oc6c7ccccc7c(-c7ccc8ccccc8c7)cc6c5c4)cc3)cc21. The van der Waals surface area contributed by atoms with Crippen LogP contribution in [-0.2, 0) is 5.41 Å². The Kier molecular flexibility index (Phi) is 6.93. The average Bonchev–Trinajstić information content (AvgIpc) is 3.72. The van der Waals surface area contributed by atoms with Crippen LogP contribution in [-0.4, -0.2) is 0 Å². The van der Waals surface area contributed by atoms with Gasteiger partial charge in [-0.05, 0) is 121 Å². The normalized spacial score (nSPS) is 13.1. The van der Waals surface area contributed by atoms with Crippen molar-refractivity contribution in [1.29, 1.82) is 0 Å². The van der Waals surface area contributed by atoms with Gasteiger partial charge in [-0.2, -0.15) is 0 Å². The number of hydrogen-bond donors (Lipinski definition) is 0. The van der Waals surface area contributed by atoms with Gasteiger partial charge in [0.05, 0.1) is 0 Å². The van der Waals surface area contributed by atoms with Gasteiger partial charge in [0.25, 0.3) is 0 Å². The van der Waals surface area contributed by atoms with E-state index in [1.54, 1.807) is 0 Å². The molecule has 0 saturated heterocycles. The summed E-state index contributed by atoms with van der Waals surface area (Å²) < 4.78 is 6.63. The summed E-state index contributed by atoms with van der Waals surface area (Å²) in [4.78, 5) is 2.37. The molecule has 0 unspecified atom stereocenters. The van der Waals surface area contributed by atoms with Crippen molar-refractivity contribution in [3.8, 4) is 33.4 Å². The Morgan fingerprint density at radius 2 is 1.04 bits per heavy atom. The minimum absolute atomic E-state index is 0.0768. The van der Waals surface area contributed by atoms with Gasteiger partial charge in [0, 0.05) is 38.6 Å². The van der Waals surface area contributed by atoms with Crippen molar-refractivity contribution in [3.63, 3.8) is 0 Å². The minimum Gasteiger partial charge on any atom is -0.455 e. The Balaban J connectivity index is 1.01. The zero-order valence-electron chi connectivity index (χ0n) is 30.8. The van der Waals surface area contributed by atoms with Crippen LogP contribution in [0.5, 0.6) is 0 Å². The van der Waals surface area contributed by atoms with Crippen LogP contribution in [0.25, 0.3) is 76.9 Å². The van der Waals surface area contributed by atoms with Crippen molar-refractivity contribution in [2.45, 2.75) is 19.3 Å². The molecule has 55 heavy (non-hydrogen) atoms. The van der Waals surface area contributed by atoms with E-state index in [1.165, 1.54) is 49.5 Å². The van der Waals surface area contributed by atoms with Gasteiger partial charge in [0.15, 0.2) is 0 Å². The molecule has 0 aliphatic heterocycles. The maximum atomic E-state index is 6.63. The molecule has 9 aromatic carbocycles. The average molecular weight is 704 g/mol. The van der Waals surface area contributed by atoms with E-state index in [1.807, 2.05) is 0 Å². The predicted octanol–water partition coefficient (Wildman–Crippen LogP) is 15.0. The second kappa shape index (κ2) is 12.1. The van der Waals surface area contributed by atoms with Gasteiger partial charge in [-0.3, -0.25) is 0 Å². The molecule has 0 fully saturated rings. The first-order valence-corrected chi connectivity index (χ1v) is 19.1. The van der Waals surface area contributed by atoms with Gasteiger partial charge in [0.2, 0.25) is 0 Å². The maximum Gasteiger partial charge on any atom is 0.143 e. The number of rotatable bonds is 5.